The normalized spacial score (nSPS) is 11.1. The number of hydrogen-bond donors (Lipinski definition) is 2. The van der Waals surface area contributed by atoms with E-state index in [0.717, 1.165) is 27.3 Å². The Balaban J connectivity index is 1.45. The third-order valence-electron chi connectivity index (χ3n) is 4.51. The molecule has 0 radical (unpaired) electrons. The first-order valence-electron chi connectivity index (χ1n) is 8.93. The number of nitrogens with one attached hydrogen (secondary N) is 1. The van der Waals surface area contributed by atoms with E-state index in [2.05, 4.69) is 15.1 Å². The Morgan fingerprint density at radius 2 is 2.10 bits per heavy atom. The number of nitriles is 1. The maximum Gasteiger partial charge on any atom is 0.271 e. The van der Waals surface area contributed by atoms with Crippen LogP contribution >= 0.6 is 22.9 Å². The van der Waals surface area contributed by atoms with Crippen LogP contribution in [0.15, 0.2) is 65.9 Å². The topological polar surface area (TPSA) is 90.4 Å². The number of carbonyl (C=O) groups is 1. The fraction of sp³-hybridized carbons (Fsp3) is 0.0455. The van der Waals surface area contributed by atoms with Crippen molar-refractivity contribution in [3.63, 3.8) is 0 Å². The lowest BCUT2D eigenvalue weighted by molar-refractivity contribution is 0.0955. The lowest BCUT2D eigenvalue weighted by Gasteiger charge is -2.04. The van der Waals surface area contributed by atoms with Crippen LogP contribution in [0.1, 0.15) is 26.4 Å². The van der Waals surface area contributed by atoms with E-state index in [9.17, 15) is 9.90 Å². The van der Waals surface area contributed by atoms with Gasteiger partial charge in [-0.25, -0.2) is 5.43 Å². The molecule has 4 aromatic rings. The van der Waals surface area contributed by atoms with Crippen LogP contribution in [-0.2, 0) is 6.54 Å². The average Bonchev–Trinajstić information content (AvgIpc) is 3.34. The van der Waals surface area contributed by atoms with Crippen LogP contribution < -0.4 is 5.43 Å². The molecule has 6 nitrogen and oxygen atoms in total. The van der Waals surface area contributed by atoms with Gasteiger partial charge in [-0.3, -0.25) is 4.79 Å². The number of phenols is 1. The summed E-state index contributed by atoms with van der Waals surface area (Å²) >= 11 is 7.58. The van der Waals surface area contributed by atoms with Crippen molar-refractivity contribution in [1.82, 2.24) is 9.99 Å². The third-order valence-corrected chi connectivity index (χ3v) is 5.72. The molecule has 2 N–H and O–H groups in total. The zero-order valence-electron chi connectivity index (χ0n) is 15.5. The van der Waals surface area contributed by atoms with Crippen LogP contribution in [0.25, 0.3) is 10.9 Å². The largest absolute Gasteiger partial charge is 0.507 e. The molecule has 0 saturated heterocycles. The molecule has 1 amide bonds. The predicted molar refractivity (Wildman–Crippen MR) is 118 cm³/mol. The molecule has 0 atom stereocenters. The van der Waals surface area contributed by atoms with Crippen LogP contribution in [-0.4, -0.2) is 21.8 Å². The van der Waals surface area contributed by atoms with E-state index in [-0.39, 0.29) is 16.9 Å². The summed E-state index contributed by atoms with van der Waals surface area (Å²) in [5.74, 6) is -0.635. The Bertz CT molecular complexity index is 1320. The second-order valence-corrected chi connectivity index (χ2v) is 8.31. The summed E-state index contributed by atoms with van der Waals surface area (Å²) in [5, 5.41) is 23.5. The number of aromatic hydroxyl groups is 1. The number of halogens is 1. The number of benzene rings is 2. The van der Waals surface area contributed by atoms with E-state index >= 15 is 0 Å². The van der Waals surface area contributed by atoms with E-state index in [0.29, 0.717) is 0 Å². The minimum Gasteiger partial charge on any atom is -0.507 e. The quantitative estimate of drug-likeness (QED) is 0.351. The summed E-state index contributed by atoms with van der Waals surface area (Å²) in [6.45, 7) is 0.752. The highest BCUT2D eigenvalue weighted by molar-refractivity contribution is 7.16. The van der Waals surface area contributed by atoms with E-state index in [1.165, 1.54) is 23.1 Å². The molecule has 0 aliphatic carbocycles. The lowest BCUT2D eigenvalue weighted by Crippen LogP contribution is -2.17. The molecule has 0 bridgehead atoms. The molecule has 0 aliphatic heterocycles. The Hall–Kier alpha value is -3.60. The fourth-order valence-corrected chi connectivity index (χ4v) is 4.12. The van der Waals surface area contributed by atoms with Crippen LogP contribution in [0.3, 0.4) is 0 Å². The Kier molecular flexibility index (Phi) is 5.53. The van der Waals surface area contributed by atoms with Crippen molar-refractivity contribution >= 4 is 46.0 Å². The van der Waals surface area contributed by atoms with Crippen LogP contribution in [0.2, 0.25) is 4.34 Å². The van der Waals surface area contributed by atoms with Gasteiger partial charge in [0.15, 0.2) is 0 Å². The maximum atomic E-state index is 12.2. The maximum absolute atomic E-state index is 12.2. The van der Waals surface area contributed by atoms with Crippen molar-refractivity contribution in [2.75, 3.05) is 0 Å². The van der Waals surface area contributed by atoms with Gasteiger partial charge in [0.2, 0.25) is 0 Å². The van der Waals surface area contributed by atoms with E-state index in [4.69, 9.17) is 16.9 Å². The van der Waals surface area contributed by atoms with Gasteiger partial charge in [-0.15, -0.1) is 11.3 Å². The monoisotopic (exact) mass is 434 g/mol. The molecule has 2 aromatic heterocycles. The van der Waals surface area contributed by atoms with Gasteiger partial charge in [0.25, 0.3) is 5.91 Å². The average molecular weight is 435 g/mol. The number of hydrazone groups is 1. The Morgan fingerprint density at radius 3 is 2.87 bits per heavy atom. The predicted octanol–water partition coefficient (Wildman–Crippen LogP) is 4.75. The number of nitrogens with zero attached hydrogens (tertiary/aromatic N) is 3. The van der Waals surface area contributed by atoms with Gasteiger partial charge in [0, 0.05) is 27.5 Å². The first kappa shape index (κ1) is 19.7. The van der Waals surface area contributed by atoms with Crippen molar-refractivity contribution in [2.45, 2.75) is 6.54 Å². The van der Waals surface area contributed by atoms with Gasteiger partial charge in [-0.05, 0) is 54.1 Å². The smallest absolute Gasteiger partial charge is 0.271 e. The van der Waals surface area contributed by atoms with Gasteiger partial charge in [-0.2, -0.15) is 10.4 Å². The second kappa shape index (κ2) is 8.41. The van der Waals surface area contributed by atoms with Gasteiger partial charge in [0.1, 0.15) is 11.8 Å². The van der Waals surface area contributed by atoms with Crippen molar-refractivity contribution in [3.05, 3.63) is 86.7 Å². The Labute approximate surface area is 181 Å². The van der Waals surface area contributed by atoms with Crippen molar-refractivity contribution in [2.24, 2.45) is 5.10 Å². The first-order chi connectivity index (χ1) is 14.5. The number of fused-ring (bicyclic) bond motifs is 1. The molecule has 4 rings (SSSR count). The van der Waals surface area contributed by atoms with Gasteiger partial charge < -0.3 is 9.67 Å². The zero-order valence-corrected chi connectivity index (χ0v) is 17.1. The molecular weight excluding hydrogens is 420 g/mol. The zero-order chi connectivity index (χ0) is 21.1. The molecular formula is C22H15ClN4O2S. The number of amides is 1. The van der Waals surface area contributed by atoms with Crippen molar-refractivity contribution in [3.8, 4) is 11.8 Å². The van der Waals surface area contributed by atoms with E-state index < -0.39 is 5.91 Å². The number of thiophene rings is 1. The standard InChI is InChI=1S/C22H15ClN4O2S/c23-21-6-3-18(30-21)13-27-8-7-15-9-14(1-4-19(15)27)12-25-26-22(29)16-2-5-20(28)17(10-16)11-24/h1-10,12,28H,13H2,(H,26,29)/b25-12+. The molecule has 0 fully saturated rings. The lowest BCUT2D eigenvalue weighted by atomic mass is 10.1. The molecule has 30 heavy (non-hydrogen) atoms. The first-order valence-corrected chi connectivity index (χ1v) is 10.1. The molecule has 2 heterocycles. The third kappa shape index (κ3) is 4.20. The molecule has 2 aromatic carbocycles. The van der Waals surface area contributed by atoms with Gasteiger partial charge in [-0.1, -0.05) is 17.7 Å². The van der Waals surface area contributed by atoms with Crippen molar-refractivity contribution < 1.29 is 9.90 Å². The number of phenolic OH excluding ortho intramolecular Hbond substituents is 1. The van der Waals surface area contributed by atoms with Gasteiger partial charge >= 0.3 is 0 Å². The van der Waals surface area contributed by atoms with E-state index in [1.807, 2.05) is 48.7 Å². The van der Waals surface area contributed by atoms with Crippen LogP contribution in [0.4, 0.5) is 0 Å². The number of hydrogen-bond acceptors (Lipinski definition) is 5. The SMILES string of the molecule is N#Cc1cc(C(=O)N/N=C/c2ccc3c(ccn3Cc3ccc(Cl)s3)c2)ccc1O. The molecule has 148 valence electrons. The molecule has 0 saturated carbocycles. The number of carbonyl (C=O) groups excluding carboxylic acids is 1. The van der Waals surface area contributed by atoms with Crippen molar-refractivity contribution in [1.29, 1.82) is 5.26 Å². The minimum absolute atomic E-state index is 0.0337. The molecule has 0 aliphatic rings. The number of aromatic nitrogens is 1. The van der Waals surface area contributed by atoms with E-state index in [1.54, 1.807) is 17.6 Å². The number of rotatable bonds is 5. The summed E-state index contributed by atoms with van der Waals surface area (Å²) in [4.78, 5) is 13.4. The molecule has 0 unspecified atom stereocenters. The molecule has 0 spiro atoms. The van der Waals surface area contributed by atoms with Crippen LogP contribution in [0, 0.1) is 11.3 Å². The second-order valence-electron chi connectivity index (χ2n) is 6.51. The minimum atomic E-state index is -0.468. The highest BCUT2D eigenvalue weighted by Crippen LogP contribution is 2.24. The summed E-state index contributed by atoms with van der Waals surface area (Å²) in [6, 6.07) is 17.7. The fourth-order valence-electron chi connectivity index (χ4n) is 3.04. The highest BCUT2D eigenvalue weighted by atomic mass is 35.5. The summed E-state index contributed by atoms with van der Waals surface area (Å²) in [5.41, 5.74) is 4.63. The summed E-state index contributed by atoms with van der Waals surface area (Å²) < 4.78 is 2.93. The Morgan fingerprint density at radius 1 is 1.23 bits per heavy atom. The summed E-state index contributed by atoms with van der Waals surface area (Å²) in [7, 11) is 0. The van der Waals surface area contributed by atoms with Gasteiger partial charge in [0.05, 0.1) is 22.7 Å². The molecule has 8 heteroatoms. The highest BCUT2D eigenvalue weighted by Gasteiger charge is 2.08. The van der Waals surface area contributed by atoms with Crippen LogP contribution in [0.5, 0.6) is 5.75 Å². The summed E-state index contributed by atoms with van der Waals surface area (Å²) in [6.07, 6.45) is 3.58.